The van der Waals surface area contributed by atoms with Gasteiger partial charge in [-0.25, -0.2) is 4.39 Å². The lowest BCUT2D eigenvalue weighted by Crippen LogP contribution is -2.29. The van der Waals surface area contributed by atoms with E-state index >= 15 is 4.39 Å². The molecule has 1 aromatic heterocycles. The van der Waals surface area contributed by atoms with Crippen LogP contribution in [0.1, 0.15) is 35.2 Å². The maximum Gasteiger partial charge on any atom is 0.301 e. The summed E-state index contributed by atoms with van der Waals surface area (Å²) in [5.41, 5.74) is 2.20. The monoisotopic (exact) mass is 559 g/mol. The standard InChI is InChI=1S/C29H22FN3O4S2/c1-16-13-19-14-18(11-12-22(19)37-16)25(34)23-24(20-9-5-6-10-21(20)30)33(27(36)26(23)35)28-31-32-29(39-28)38-15-17-7-3-2-4-8-17/h2-12,14,16,24,34H,13,15H2,1H3/b25-23-. The van der Waals surface area contributed by atoms with Gasteiger partial charge in [-0.1, -0.05) is 71.6 Å². The first-order valence-corrected chi connectivity index (χ1v) is 14.1. The topological polar surface area (TPSA) is 92.6 Å². The number of carbonyl (C=O) groups is 2. The van der Waals surface area contributed by atoms with E-state index in [2.05, 4.69) is 10.2 Å². The number of nitrogens with zero attached hydrogens (tertiary/aromatic N) is 3. The van der Waals surface area contributed by atoms with Gasteiger partial charge in [-0.2, -0.15) is 0 Å². The molecule has 0 radical (unpaired) electrons. The number of benzene rings is 3. The van der Waals surface area contributed by atoms with Gasteiger partial charge in [0.15, 0.2) is 4.34 Å². The molecule has 1 saturated heterocycles. The summed E-state index contributed by atoms with van der Waals surface area (Å²) < 4.78 is 21.5. The van der Waals surface area contributed by atoms with Crippen molar-refractivity contribution < 1.29 is 23.8 Å². The highest BCUT2D eigenvalue weighted by molar-refractivity contribution is 8.00. The fraction of sp³-hybridized carbons (Fsp3) is 0.172. The van der Waals surface area contributed by atoms with E-state index in [4.69, 9.17) is 4.74 Å². The summed E-state index contributed by atoms with van der Waals surface area (Å²) >= 11 is 2.58. The summed E-state index contributed by atoms with van der Waals surface area (Å²) in [6, 6.07) is 19.6. The van der Waals surface area contributed by atoms with Crippen LogP contribution in [0.25, 0.3) is 5.76 Å². The fourth-order valence-electron chi connectivity index (χ4n) is 4.82. The van der Waals surface area contributed by atoms with Crippen LogP contribution in [0.5, 0.6) is 5.75 Å². The van der Waals surface area contributed by atoms with Gasteiger partial charge in [0.05, 0.1) is 5.57 Å². The van der Waals surface area contributed by atoms with Crippen LogP contribution in [0.3, 0.4) is 0 Å². The molecule has 196 valence electrons. The van der Waals surface area contributed by atoms with Gasteiger partial charge in [0.2, 0.25) is 5.13 Å². The van der Waals surface area contributed by atoms with E-state index in [1.165, 1.54) is 30.0 Å². The van der Waals surface area contributed by atoms with E-state index < -0.39 is 23.5 Å². The molecule has 1 amide bonds. The summed E-state index contributed by atoms with van der Waals surface area (Å²) in [7, 11) is 0. The Hall–Kier alpha value is -4.02. The van der Waals surface area contributed by atoms with Crippen molar-refractivity contribution >= 4 is 45.7 Å². The Kier molecular flexibility index (Phi) is 6.66. The van der Waals surface area contributed by atoms with E-state index in [1.807, 2.05) is 37.3 Å². The first-order chi connectivity index (χ1) is 18.9. The summed E-state index contributed by atoms with van der Waals surface area (Å²) in [4.78, 5) is 27.9. The molecule has 3 heterocycles. The molecule has 4 aromatic rings. The third kappa shape index (κ3) is 4.70. The van der Waals surface area contributed by atoms with Crippen LogP contribution in [0.4, 0.5) is 9.52 Å². The predicted octanol–water partition coefficient (Wildman–Crippen LogP) is 5.92. The Balaban J connectivity index is 1.41. The summed E-state index contributed by atoms with van der Waals surface area (Å²) in [6.45, 7) is 1.94. The Labute approximate surface area is 232 Å². The quantitative estimate of drug-likeness (QED) is 0.103. The number of aromatic nitrogens is 2. The molecule has 3 aromatic carbocycles. The largest absolute Gasteiger partial charge is 0.507 e. The van der Waals surface area contributed by atoms with Crippen LogP contribution in [0, 0.1) is 5.82 Å². The summed E-state index contributed by atoms with van der Waals surface area (Å²) in [5, 5.41) is 19.9. The number of amides is 1. The number of carbonyl (C=O) groups excluding carboxylic acids is 2. The van der Waals surface area contributed by atoms with E-state index in [0.29, 0.717) is 27.8 Å². The zero-order valence-corrected chi connectivity index (χ0v) is 22.3. The lowest BCUT2D eigenvalue weighted by atomic mass is 9.94. The molecule has 1 N–H and O–H groups in total. The molecule has 1 fully saturated rings. The molecule has 6 rings (SSSR count). The minimum Gasteiger partial charge on any atom is -0.507 e. The third-order valence-electron chi connectivity index (χ3n) is 6.62. The first kappa shape index (κ1) is 25.3. The zero-order valence-electron chi connectivity index (χ0n) is 20.7. The molecule has 0 saturated carbocycles. The third-order valence-corrected chi connectivity index (χ3v) is 8.75. The number of ether oxygens (including phenoxy) is 1. The maximum absolute atomic E-state index is 15.2. The minimum absolute atomic E-state index is 0.00671. The number of fused-ring (bicyclic) bond motifs is 1. The SMILES string of the molecule is CC1Cc2cc(/C(O)=C3/C(=O)C(=O)N(c4nnc(SCc5ccccc5)s4)C3c3ccccc3F)ccc2O1. The number of anilines is 1. The van der Waals surface area contributed by atoms with Crippen LogP contribution >= 0.6 is 23.1 Å². The zero-order chi connectivity index (χ0) is 27.1. The predicted molar refractivity (Wildman–Crippen MR) is 147 cm³/mol. The Morgan fingerprint density at radius 2 is 1.87 bits per heavy atom. The average molecular weight is 560 g/mol. The Morgan fingerprint density at radius 1 is 1.10 bits per heavy atom. The van der Waals surface area contributed by atoms with Crippen molar-refractivity contribution in [3.05, 3.63) is 106 Å². The minimum atomic E-state index is -1.21. The molecule has 7 nitrogen and oxygen atoms in total. The second-order valence-corrected chi connectivity index (χ2v) is 11.4. The molecular formula is C29H22FN3O4S2. The molecule has 2 aliphatic rings. The molecule has 2 aliphatic heterocycles. The fourth-order valence-corrected chi connectivity index (χ4v) is 6.65. The molecule has 0 aliphatic carbocycles. The lowest BCUT2D eigenvalue weighted by molar-refractivity contribution is -0.132. The lowest BCUT2D eigenvalue weighted by Gasteiger charge is -2.22. The molecular weight excluding hydrogens is 537 g/mol. The van der Waals surface area contributed by atoms with E-state index in [-0.39, 0.29) is 28.1 Å². The van der Waals surface area contributed by atoms with E-state index in [9.17, 15) is 14.7 Å². The van der Waals surface area contributed by atoms with Gasteiger partial charge in [0.25, 0.3) is 5.78 Å². The Morgan fingerprint density at radius 3 is 2.67 bits per heavy atom. The molecule has 0 spiro atoms. The highest BCUT2D eigenvalue weighted by Crippen LogP contribution is 2.45. The molecule has 39 heavy (non-hydrogen) atoms. The number of aliphatic hydroxyl groups is 1. The van der Waals surface area contributed by atoms with Gasteiger partial charge in [0, 0.05) is 23.3 Å². The Bertz CT molecular complexity index is 1620. The van der Waals surface area contributed by atoms with Gasteiger partial charge < -0.3 is 9.84 Å². The first-order valence-electron chi connectivity index (χ1n) is 12.3. The summed E-state index contributed by atoms with van der Waals surface area (Å²) in [5.74, 6) is -1.46. The number of hydrogen-bond donors (Lipinski definition) is 1. The number of ketones is 1. The number of thioether (sulfide) groups is 1. The number of hydrogen-bond acceptors (Lipinski definition) is 8. The van der Waals surface area contributed by atoms with Crippen LogP contribution in [0.15, 0.2) is 82.7 Å². The summed E-state index contributed by atoms with van der Waals surface area (Å²) in [6.07, 6.45) is 0.642. The maximum atomic E-state index is 15.2. The highest BCUT2D eigenvalue weighted by atomic mass is 32.2. The van der Waals surface area contributed by atoms with Crippen molar-refractivity contribution in [2.45, 2.75) is 35.6 Å². The van der Waals surface area contributed by atoms with Gasteiger partial charge in [-0.15, -0.1) is 10.2 Å². The van der Waals surface area contributed by atoms with E-state index in [1.54, 1.807) is 24.3 Å². The molecule has 2 atom stereocenters. The second kappa shape index (κ2) is 10.3. The van der Waals surface area contributed by atoms with Gasteiger partial charge >= 0.3 is 5.91 Å². The highest BCUT2D eigenvalue weighted by Gasteiger charge is 2.49. The van der Waals surface area contributed by atoms with Crippen LogP contribution in [0.2, 0.25) is 0 Å². The van der Waals surface area contributed by atoms with Crippen molar-refractivity contribution in [3.8, 4) is 5.75 Å². The number of Topliss-reactive ketones (excluding diaryl/α,β-unsaturated/α-hetero) is 1. The second-order valence-electron chi connectivity index (χ2n) is 9.27. The van der Waals surface area contributed by atoms with Crippen molar-refractivity contribution in [1.82, 2.24) is 10.2 Å². The van der Waals surface area contributed by atoms with Crippen LogP contribution < -0.4 is 9.64 Å². The number of aliphatic hydroxyl groups excluding tert-OH is 1. The van der Waals surface area contributed by atoms with Gasteiger partial charge in [0.1, 0.15) is 29.5 Å². The molecule has 0 bridgehead atoms. The van der Waals surface area contributed by atoms with Gasteiger partial charge in [-0.05, 0) is 42.3 Å². The smallest absolute Gasteiger partial charge is 0.301 e. The number of halogens is 1. The van der Waals surface area contributed by atoms with Crippen LogP contribution in [-0.4, -0.2) is 33.1 Å². The van der Waals surface area contributed by atoms with Crippen molar-refractivity contribution in [3.63, 3.8) is 0 Å². The van der Waals surface area contributed by atoms with Crippen LogP contribution in [-0.2, 0) is 21.8 Å². The number of rotatable bonds is 6. The average Bonchev–Trinajstić information content (AvgIpc) is 3.63. The molecule has 10 heteroatoms. The van der Waals surface area contributed by atoms with Gasteiger partial charge in [-0.3, -0.25) is 14.5 Å². The van der Waals surface area contributed by atoms with Crippen molar-refractivity contribution in [1.29, 1.82) is 0 Å². The normalized spacial score (nSPS) is 19.8. The van der Waals surface area contributed by atoms with E-state index in [0.717, 1.165) is 27.4 Å². The molecule has 2 unspecified atom stereocenters. The van der Waals surface area contributed by atoms with Crippen molar-refractivity contribution in [2.24, 2.45) is 0 Å². The van der Waals surface area contributed by atoms with Crippen molar-refractivity contribution in [2.75, 3.05) is 4.90 Å².